The molecule has 2 saturated heterocycles. The Bertz CT molecular complexity index is 579. The molecular weight excluding hydrogens is 340 g/mol. The van der Waals surface area contributed by atoms with Gasteiger partial charge in [0.25, 0.3) is 5.91 Å². The highest BCUT2D eigenvalue weighted by atomic mass is 35.5. The number of nitrogens with two attached hydrogens (primary N) is 1. The molecule has 1 aromatic rings. The first-order valence-electron chi connectivity index (χ1n) is 8.78. The monoisotopic (exact) mass is 366 g/mol. The summed E-state index contributed by atoms with van der Waals surface area (Å²) >= 11 is 0. The minimum atomic E-state index is 0. The van der Waals surface area contributed by atoms with Crippen molar-refractivity contribution in [3.63, 3.8) is 0 Å². The number of carbonyl (C=O) groups excluding carboxylic acids is 2. The van der Waals surface area contributed by atoms with E-state index in [4.69, 9.17) is 5.73 Å². The zero-order chi connectivity index (χ0) is 16.9. The Kier molecular flexibility index (Phi) is 7.08. The Morgan fingerprint density at radius 2 is 1.44 bits per heavy atom. The number of halogens is 1. The van der Waals surface area contributed by atoms with Crippen LogP contribution in [-0.2, 0) is 4.79 Å². The van der Waals surface area contributed by atoms with Gasteiger partial charge in [-0.1, -0.05) is 0 Å². The average molecular weight is 367 g/mol. The van der Waals surface area contributed by atoms with Crippen LogP contribution >= 0.6 is 12.4 Å². The molecule has 3 rings (SSSR count). The van der Waals surface area contributed by atoms with Crippen molar-refractivity contribution in [2.24, 2.45) is 0 Å². The SMILES string of the molecule is Cl.Nc1ccc(C(=O)N2CCN(CC(=O)N3CCCCC3)CC2)cc1. The van der Waals surface area contributed by atoms with Gasteiger partial charge in [0.15, 0.2) is 0 Å². The lowest BCUT2D eigenvalue weighted by atomic mass is 10.1. The van der Waals surface area contributed by atoms with Crippen LogP contribution < -0.4 is 5.73 Å². The van der Waals surface area contributed by atoms with E-state index < -0.39 is 0 Å². The molecular formula is C18H27ClN4O2. The standard InChI is InChI=1S/C18H26N4O2.ClH/c19-16-6-4-15(5-7-16)18(24)22-12-10-20(11-13-22)14-17(23)21-8-2-1-3-9-21;/h4-7H,1-3,8-14,19H2;1H. The molecule has 2 aliphatic heterocycles. The lowest BCUT2D eigenvalue weighted by molar-refractivity contribution is -0.133. The number of nitrogen functional groups attached to an aromatic ring is 1. The number of hydrogen-bond acceptors (Lipinski definition) is 4. The number of nitrogens with zero attached hydrogens (tertiary/aromatic N) is 3. The topological polar surface area (TPSA) is 69.9 Å². The summed E-state index contributed by atoms with van der Waals surface area (Å²) in [4.78, 5) is 30.8. The Balaban J connectivity index is 0.00000225. The molecule has 2 heterocycles. The van der Waals surface area contributed by atoms with Gasteiger partial charge in [-0.15, -0.1) is 12.4 Å². The summed E-state index contributed by atoms with van der Waals surface area (Å²) < 4.78 is 0. The quantitative estimate of drug-likeness (QED) is 0.822. The highest BCUT2D eigenvalue weighted by Crippen LogP contribution is 2.13. The summed E-state index contributed by atoms with van der Waals surface area (Å²) in [5, 5.41) is 0. The van der Waals surface area contributed by atoms with E-state index in [1.54, 1.807) is 24.3 Å². The second kappa shape index (κ2) is 9.06. The Morgan fingerprint density at radius 3 is 2.04 bits per heavy atom. The second-order valence-corrected chi connectivity index (χ2v) is 6.63. The van der Waals surface area contributed by atoms with Gasteiger partial charge in [-0.25, -0.2) is 0 Å². The maximum Gasteiger partial charge on any atom is 0.253 e. The van der Waals surface area contributed by atoms with Crippen LogP contribution in [0.15, 0.2) is 24.3 Å². The molecule has 2 N–H and O–H groups in total. The first-order valence-corrected chi connectivity index (χ1v) is 8.78. The molecule has 0 spiro atoms. The summed E-state index contributed by atoms with van der Waals surface area (Å²) in [5.41, 5.74) is 6.99. The first kappa shape index (κ1) is 19.5. The minimum Gasteiger partial charge on any atom is -0.399 e. The highest BCUT2D eigenvalue weighted by molar-refractivity contribution is 5.94. The van der Waals surface area contributed by atoms with E-state index in [1.807, 2.05) is 9.80 Å². The largest absolute Gasteiger partial charge is 0.399 e. The molecule has 7 heteroatoms. The van der Waals surface area contributed by atoms with Gasteiger partial charge in [0, 0.05) is 50.5 Å². The van der Waals surface area contributed by atoms with Crippen molar-refractivity contribution in [3.8, 4) is 0 Å². The van der Waals surface area contributed by atoms with Gasteiger partial charge >= 0.3 is 0 Å². The number of amides is 2. The molecule has 0 radical (unpaired) electrons. The van der Waals surface area contributed by atoms with Crippen molar-refractivity contribution >= 4 is 29.9 Å². The van der Waals surface area contributed by atoms with Crippen LogP contribution in [-0.4, -0.2) is 72.3 Å². The van der Waals surface area contributed by atoms with Gasteiger partial charge in [-0.2, -0.15) is 0 Å². The van der Waals surface area contributed by atoms with Crippen molar-refractivity contribution in [3.05, 3.63) is 29.8 Å². The van der Waals surface area contributed by atoms with Gasteiger partial charge in [0.05, 0.1) is 6.54 Å². The normalized spacial score (nSPS) is 18.6. The summed E-state index contributed by atoms with van der Waals surface area (Å²) in [6.07, 6.45) is 3.47. The number of piperazine rings is 1. The fourth-order valence-corrected chi connectivity index (χ4v) is 3.35. The van der Waals surface area contributed by atoms with Gasteiger partial charge in [-0.05, 0) is 43.5 Å². The van der Waals surface area contributed by atoms with E-state index in [-0.39, 0.29) is 24.2 Å². The van der Waals surface area contributed by atoms with Crippen molar-refractivity contribution in [2.75, 3.05) is 51.5 Å². The average Bonchev–Trinajstić information content (AvgIpc) is 2.63. The van der Waals surface area contributed by atoms with Gasteiger partial charge in [0.1, 0.15) is 0 Å². The number of likely N-dealkylation sites (tertiary alicyclic amines) is 1. The van der Waals surface area contributed by atoms with Crippen LogP contribution in [0.1, 0.15) is 29.6 Å². The zero-order valence-corrected chi connectivity index (χ0v) is 15.3. The Labute approximate surface area is 155 Å². The molecule has 0 atom stereocenters. The van der Waals surface area contributed by atoms with E-state index in [9.17, 15) is 9.59 Å². The van der Waals surface area contributed by atoms with Crippen LogP contribution in [0.2, 0.25) is 0 Å². The van der Waals surface area contributed by atoms with E-state index in [0.29, 0.717) is 30.9 Å². The number of carbonyl (C=O) groups is 2. The molecule has 25 heavy (non-hydrogen) atoms. The molecule has 2 amide bonds. The fraction of sp³-hybridized carbons (Fsp3) is 0.556. The smallest absolute Gasteiger partial charge is 0.253 e. The summed E-state index contributed by atoms with van der Waals surface area (Å²) in [5.74, 6) is 0.269. The lowest BCUT2D eigenvalue weighted by Gasteiger charge is -2.36. The minimum absolute atomic E-state index is 0. The number of anilines is 1. The molecule has 0 bridgehead atoms. The van der Waals surface area contributed by atoms with E-state index in [0.717, 1.165) is 39.0 Å². The molecule has 2 aliphatic rings. The molecule has 0 aliphatic carbocycles. The summed E-state index contributed by atoms with van der Waals surface area (Å²) in [7, 11) is 0. The third-order valence-electron chi connectivity index (χ3n) is 4.88. The second-order valence-electron chi connectivity index (χ2n) is 6.63. The fourth-order valence-electron chi connectivity index (χ4n) is 3.35. The number of hydrogen-bond donors (Lipinski definition) is 1. The number of rotatable bonds is 3. The maximum atomic E-state index is 12.5. The van der Waals surface area contributed by atoms with Crippen LogP contribution in [0.4, 0.5) is 5.69 Å². The molecule has 2 fully saturated rings. The lowest BCUT2D eigenvalue weighted by Crippen LogP contribution is -2.52. The predicted molar refractivity (Wildman–Crippen MR) is 101 cm³/mol. The third-order valence-corrected chi connectivity index (χ3v) is 4.88. The van der Waals surface area contributed by atoms with Crippen molar-refractivity contribution in [1.29, 1.82) is 0 Å². The van der Waals surface area contributed by atoms with Crippen LogP contribution in [0.25, 0.3) is 0 Å². The highest BCUT2D eigenvalue weighted by Gasteiger charge is 2.25. The van der Waals surface area contributed by atoms with E-state index in [1.165, 1.54) is 6.42 Å². The molecule has 0 unspecified atom stereocenters. The Hall–Kier alpha value is -1.79. The number of piperidine rings is 1. The third kappa shape index (κ3) is 5.09. The molecule has 6 nitrogen and oxygen atoms in total. The predicted octanol–water partition coefficient (Wildman–Crippen LogP) is 1.46. The molecule has 0 saturated carbocycles. The van der Waals surface area contributed by atoms with Gasteiger partial charge < -0.3 is 15.5 Å². The van der Waals surface area contributed by atoms with Crippen LogP contribution in [0.5, 0.6) is 0 Å². The van der Waals surface area contributed by atoms with Crippen molar-refractivity contribution in [2.45, 2.75) is 19.3 Å². The Morgan fingerprint density at radius 1 is 0.840 bits per heavy atom. The van der Waals surface area contributed by atoms with Crippen LogP contribution in [0, 0.1) is 0 Å². The first-order chi connectivity index (χ1) is 11.6. The van der Waals surface area contributed by atoms with Crippen molar-refractivity contribution in [1.82, 2.24) is 14.7 Å². The molecule has 0 aromatic heterocycles. The van der Waals surface area contributed by atoms with Crippen LogP contribution in [0.3, 0.4) is 0 Å². The molecule has 1 aromatic carbocycles. The molecule has 138 valence electrons. The number of benzene rings is 1. The maximum absolute atomic E-state index is 12.5. The van der Waals surface area contributed by atoms with Crippen molar-refractivity contribution < 1.29 is 9.59 Å². The zero-order valence-electron chi connectivity index (χ0n) is 14.5. The summed E-state index contributed by atoms with van der Waals surface area (Å²) in [6.45, 7) is 5.10. The summed E-state index contributed by atoms with van der Waals surface area (Å²) in [6, 6.07) is 7.04. The van der Waals surface area contributed by atoms with Gasteiger partial charge in [-0.3, -0.25) is 14.5 Å². The van der Waals surface area contributed by atoms with Gasteiger partial charge in [0.2, 0.25) is 5.91 Å². The van der Waals surface area contributed by atoms with E-state index in [2.05, 4.69) is 4.90 Å². The van der Waals surface area contributed by atoms with E-state index >= 15 is 0 Å².